The molecular formula is C15H21N3S. The van der Waals surface area contributed by atoms with Gasteiger partial charge < -0.3 is 10.6 Å². The lowest BCUT2D eigenvalue weighted by Crippen LogP contribution is -2.23. The zero-order chi connectivity index (χ0) is 13.7. The van der Waals surface area contributed by atoms with Crippen LogP contribution in [-0.4, -0.2) is 11.5 Å². The first-order valence-corrected chi connectivity index (χ1v) is 7.64. The van der Waals surface area contributed by atoms with Gasteiger partial charge in [-0.15, -0.1) is 11.3 Å². The van der Waals surface area contributed by atoms with Crippen molar-refractivity contribution in [3.05, 3.63) is 40.9 Å². The first-order chi connectivity index (χ1) is 9.22. The summed E-state index contributed by atoms with van der Waals surface area (Å²) in [5.74, 6) is 0. The number of benzene rings is 1. The van der Waals surface area contributed by atoms with E-state index in [4.69, 9.17) is 5.73 Å². The lowest BCUT2D eigenvalue weighted by Gasteiger charge is -2.21. The largest absolute Gasteiger partial charge is 0.399 e. The zero-order valence-corrected chi connectivity index (χ0v) is 12.4. The molecule has 1 heterocycles. The van der Waals surface area contributed by atoms with Gasteiger partial charge in [0.05, 0.1) is 5.69 Å². The second kappa shape index (κ2) is 6.57. The van der Waals surface area contributed by atoms with E-state index < -0.39 is 0 Å². The molecule has 0 fully saturated rings. The highest BCUT2D eigenvalue weighted by Gasteiger charge is 2.10. The van der Waals surface area contributed by atoms with Crippen LogP contribution in [0.25, 0.3) is 0 Å². The first-order valence-electron chi connectivity index (χ1n) is 6.76. The van der Waals surface area contributed by atoms with Crippen molar-refractivity contribution in [3.8, 4) is 0 Å². The topological polar surface area (TPSA) is 42.1 Å². The maximum absolute atomic E-state index is 5.84. The number of thiazole rings is 1. The molecular weight excluding hydrogens is 254 g/mol. The summed E-state index contributed by atoms with van der Waals surface area (Å²) in [4.78, 5) is 7.01. The Morgan fingerprint density at radius 2 is 2.16 bits per heavy atom. The van der Waals surface area contributed by atoms with E-state index in [-0.39, 0.29) is 0 Å². The van der Waals surface area contributed by atoms with E-state index >= 15 is 0 Å². The smallest absolute Gasteiger partial charge is 0.185 e. The predicted octanol–water partition coefficient (Wildman–Crippen LogP) is 3.70. The Labute approximate surface area is 119 Å². The van der Waals surface area contributed by atoms with Crippen LogP contribution in [0.3, 0.4) is 0 Å². The highest BCUT2D eigenvalue weighted by molar-refractivity contribution is 7.13. The molecule has 3 nitrogen and oxygen atoms in total. The Hall–Kier alpha value is -1.55. The van der Waals surface area contributed by atoms with Gasteiger partial charge in [-0.3, -0.25) is 0 Å². The van der Waals surface area contributed by atoms with Gasteiger partial charge in [0.2, 0.25) is 0 Å². The van der Waals surface area contributed by atoms with Crippen LogP contribution in [0.5, 0.6) is 0 Å². The molecule has 0 aliphatic heterocycles. The number of nitrogens with zero attached hydrogens (tertiary/aromatic N) is 2. The molecule has 4 heteroatoms. The molecule has 0 atom stereocenters. The van der Waals surface area contributed by atoms with Crippen molar-refractivity contribution in [2.45, 2.75) is 33.2 Å². The minimum absolute atomic E-state index is 0.822. The number of aryl methyl sites for hydroxylation is 1. The maximum Gasteiger partial charge on any atom is 0.185 e. The van der Waals surface area contributed by atoms with Crippen LogP contribution in [0.1, 0.15) is 31.5 Å². The zero-order valence-electron chi connectivity index (χ0n) is 11.6. The van der Waals surface area contributed by atoms with Gasteiger partial charge in [-0.1, -0.05) is 26.0 Å². The highest BCUT2D eigenvalue weighted by Crippen LogP contribution is 2.23. The van der Waals surface area contributed by atoms with E-state index in [9.17, 15) is 0 Å². The molecule has 1 aromatic heterocycles. The van der Waals surface area contributed by atoms with Gasteiger partial charge in [-0.05, 0) is 30.5 Å². The molecule has 0 spiro atoms. The Morgan fingerprint density at radius 1 is 1.32 bits per heavy atom. The molecule has 0 aliphatic carbocycles. The number of nitrogen functional groups attached to an aromatic ring is 1. The Morgan fingerprint density at radius 3 is 2.79 bits per heavy atom. The van der Waals surface area contributed by atoms with Crippen molar-refractivity contribution >= 4 is 22.2 Å². The van der Waals surface area contributed by atoms with Gasteiger partial charge in [-0.2, -0.15) is 0 Å². The molecule has 2 aromatic rings. The summed E-state index contributed by atoms with van der Waals surface area (Å²) in [7, 11) is 0. The number of hydrogen-bond acceptors (Lipinski definition) is 4. The predicted molar refractivity (Wildman–Crippen MR) is 83.7 cm³/mol. The van der Waals surface area contributed by atoms with Crippen molar-refractivity contribution in [1.82, 2.24) is 4.98 Å². The minimum atomic E-state index is 0.822. The Kier molecular flexibility index (Phi) is 4.80. The highest BCUT2D eigenvalue weighted by atomic mass is 32.1. The maximum atomic E-state index is 5.84. The number of hydrogen-bond donors (Lipinski definition) is 1. The van der Waals surface area contributed by atoms with E-state index in [1.54, 1.807) is 11.3 Å². The van der Waals surface area contributed by atoms with Gasteiger partial charge in [0.1, 0.15) is 0 Å². The summed E-state index contributed by atoms with van der Waals surface area (Å²) >= 11 is 1.73. The van der Waals surface area contributed by atoms with Crippen molar-refractivity contribution in [1.29, 1.82) is 0 Å². The molecule has 19 heavy (non-hydrogen) atoms. The molecule has 0 bridgehead atoms. The third-order valence-electron chi connectivity index (χ3n) is 2.99. The number of aromatic nitrogens is 1. The second-order valence-electron chi connectivity index (χ2n) is 4.64. The van der Waals surface area contributed by atoms with E-state index in [0.717, 1.165) is 36.8 Å². The van der Waals surface area contributed by atoms with Crippen LogP contribution in [0.4, 0.5) is 10.8 Å². The van der Waals surface area contributed by atoms with Crippen molar-refractivity contribution in [2.24, 2.45) is 0 Å². The SMILES string of the molecule is CCCN(Cc1cccc(N)c1)c1nc(CC)cs1. The fraction of sp³-hybridized carbons (Fsp3) is 0.400. The Bertz CT molecular complexity index is 522. The molecule has 2 rings (SSSR count). The van der Waals surface area contributed by atoms with Gasteiger partial charge in [0, 0.05) is 24.2 Å². The summed E-state index contributed by atoms with van der Waals surface area (Å²) in [6, 6.07) is 8.09. The molecule has 102 valence electrons. The molecule has 1 aromatic carbocycles. The molecule has 0 amide bonds. The first kappa shape index (κ1) is 13.9. The minimum Gasteiger partial charge on any atom is -0.399 e. The summed E-state index contributed by atoms with van der Waals surface area (Å²) in [5, 5.41) is 3.26. The van der Waals surface area contributed by atoms with Gasteiger partial charge in [-0.25, -0.2) is 4.98 Å². The number of rotatable bonds is 6. The normalized spacial score (nSPS) is 10.6. The average molecular weight is 275 g/mol. The Balaban J connectivity index is 2.15. The molecule has 0 unspecified atom stereocenters. The van der Waals surface area contributed by atoms with E-state index in [0.29, 0.717) is 0 Å². The fourth-order valence-electron chi connectivity index (χ4n) is 2.03. The van der Waals surface area contributed by atoms with Crippen LogP contribution >= 0.6 is 11.3 Å². The molecule has 0 radical (unpaired) electrons. The monoisotopic (exact) mass is 275 g/mol. The van der Waals surface area contributed by atoms with E-state index in [1.165, 1.54) is 11.3 Å². The van der Waals surface area contributed by atoms with E-state index in [2.05, 4.69) is 35.2 Å². The van der Waals surface area contributed by atoms with Crippen LogP contribution in [0.15, 0.2) is 29.6 Å². The lowest BCUT2D eigenvalue weighted by atomic mass is 10.2. The lowest BCUT2D eigenvalue weighted by molar-refractivity contribution is 0.761. The van der Waals surface area contributed by atoms with Gasteiger partial charge in [0.25, 0.3) is 0 Å². The van der Waals surface area contributed by atoms with Crippen LogP contribution in [-0.2, 0) is 13.0 Å². The average Bonchev–Trinajstić information content (AvgIpc) is 2.87. The summed E-state index contributed by atoms with van der Waals surface area (Å²) < 4.78 is 0. The quantitative estimate of drug-likeness (QED) is 0.817. The molecule has 0 saturated heterocycles. The standard InChI is InChI=1S/C15H21N3S/c1-3-8-18(15-17-14(4-2)11-19-15)10-12-6-5-7-13(16)9-12/h5-7,9,11H,3-4,8,10,16H2,1-2H3. The van der Waals surface area contributed by atoms with Crippen LogP contribution < -0.4 is 10.6 Å². The van der Waals surface area contributed by atoms with Crippen LogP contribution in [0.2, 0.25) is 0 Å². The summed E-state index contributed by atoms with van der Waals surface area (Å²) in [6.45, 7) is 6.22. The van der Waals surface area contributed by atoms with Crippen molar-refractivity contribution in [3.63, 3.8) is 0 Å². The summed E-state index contributed by atoms with van der Waals surface area (Å²) in [6.07, 6.45) is 2.11. The van der Waals surface area contributed by atoms with Crippen molar-refractivity contribution < 1.29 is 0 Å². The fourth-order valence-corrected chi connectivity index (χ4v) is 2.96. The number of anilines is 2. The third kappa shape index (κ3) is 3.70. The second-order valence-corrected chi connectivity index (χ2v) is 5.48. The van der Waals surface area contributed by atoms with Crippen LogP contribution in [0, 0.1) is 0 Å². The molecule has 0 aliphatic rings. The molecule has 0 saturated carbocycles. The third-order valence-corrected chi connectivity index (χ3v) is 3.94. The van der Waals surface area contributed by atoms with E-state index in [1.807, 2.05) is 18.2 Å². The van der Waals surface area contributed by atoms with Gasteiger partial charge >= 0.3 is 0 Å². The van der Waals surface area contributed by atoms with Gasteiger partial charge in [0.15, 0.2) is 5.13 Å². The molecule has 2 N–H and O–H groups in total. The number of nitrogens with two attached hydrogens (primary N) is 1. The van der Waals surface area contributed by atoms with Crippen molar-refractivity contribution in [2.75, 3.05) is 17.2 Å². The summed E-state index contributed by atoms with van der Waals surface area (Å²) in [5.41, 5.74) is 9.08.